The number of guanidine groups is 1. The van der Waals surface area contributed by atoms with Crippen molar-refractivity contribution in [2.45, 2.75) is 25.8 Å². The molecule has 0 saturated carbocycles. The second kappa shape index (κ2) is 12.3. The summed E-state index contributed by atoms with van der Waals surface area (Å²) in [5.41, 5.74) is 1.39. The van der Waals surface area contributed by atoms with Crippen LogP contribution in [-0.2, 0) is 25.8 Å². The van der Waals surface area contributed by atoms with Crippen molar-refractivity contribution in [2.24, 2.45) is 4.99 Å². The number of hydrogen-bond donors (Lipinski definition) is 3. The van der Waals surface area contributed by atoms with Crippen LogP contribution in [0.4, 0.5) is 13.2 Å². The molecule has 0 radical (unpaired) electrons. The van der Waals surface area contributed by atoms with Crippen molar-refractivity contribution in [3.05, 3.63) is 94.9 Å². The number of hydrogen-bond acceptors (Lipinski definition) is 3. The van der Waals surface area contributed by atoms with Crippen LogP contribution in [0.5, 0.6) is 0 Å². The maximum Gasteiger partial charge on any atom is 0.416 e. The molecule has 6 nitrogen and oxygen atoms in total. The Morgan fingerprint density at radius 3 is 2.21 bits per heavy atom. The van der Waals surface area contributed by atoms with Gasteiger partial charge < -0.3 is 20.4 Å². The normalized spacial score (nSPS) is 11.5. The molecule has 10 heteroatoms. The van der Waals surface area contributed by atoms with E-state index in [2.05, 4.69) is 20.9 Å². The average Bonchev–Trinajstić information content (AvgIpc) is 3.31. The standard InChI is InChI=1S/C23H23F3N4O2.HI/c1-27-22(29-13-16-7-9-19(10-8-16)23(24,25)26)30-14-17-4-2-5-18(12-17)21(31)28-15-20-6-3-11-32-20;/h2-12H,13-15H2,1H3,(H,28,31)(H2,27,29,30);1H. The molecule has 0 bridgehead atoms. The monoisotopic (exact) mass is 572 g/mol. The van der Waals surface area contributed by atoms with Crippen molar-refractivity contribution in [3.8, 4) is 0 Å². The molecule has 3 N–H and O–H groups in total. The summed E-state index contributed by atoms with van der Waals surface area (Å²) < 4.78 is 43.2. The highest BCUT2D eigenvalue weighted by Crippen LogP contribution is 2.29. The zero-order valence-corrected chi connectivity index (χ0v) is 20.1. The van der Waals surface area contributed by atoms with Crippen LogP contribution in [-0.4, -0.2) is 18.9 Å². The number of carbonyl (C=O) groups excluding carboxylic acids is 1. The van der Waals surface area contributed by atoms with E-state index in [0.717, 1.165) is 17.7 Å². The number of aliphatic imine (C=N–C) groups is 1. The van der Waals surface area contributed by atoms with Gasteiger partial charge in [0.15, 0.2) is 5.96 Å². The quantitative estimate of drug-likeness (QED) is 0.218. The summed E-state index contributed by atoms with van der Waals surface area (Å²) in [6, 6.07) is 15.6. The Morgan fingerprint density at radius 1 is 0.909 bits per heavy atom. The first-order valence-corrected chi connectivity index (χ1v) is 9.85. The molecule has 0 aliphatic rings. The third-order valence-corrected chi connectivity index (χ3v) is 4.62. The minimum Gasteiger partial charge on any atom is -0.467 e. The summed E-state index contributed by atoms with van der Waals surface area (Å²) in [5, 5.41) is 8.98. The number of nitrogens with one attached hydrogen (secondary N) is 3. The fraction of sp³-hybridized carbons (Fsp3) is 0.217. The molecule has 3 rings (SSSR count). The lowest BCUT2D eigenvalue weighted by molar-refractivity contribution is -0.137. The molecule has 0 aliphatic carbocycles. The Bertz CT molecular complexity index is 1050. The van der Waals surface area contributed by atoms with Crippen molar-refractivity contribution >= 4 is 35.8 Å². The number of benzene rings is 2. The lowest BCUT2D eigenvalue weighted by Gasteiger charge is -2.13. The Kier molecular flexibility index (Phi) is 9.76. The van der Waals surface area contributed by atoms with Gasteiger partial charge in [-0.15, -0.1) is 24.0 Å². The summed E-state index contributed by atoms with van der Waals surface area (Å²) in [4.78, 5) is 16.5. The van der Waals surface area contributed by atoms with E-state index in [-0.39, 0.29) is 29.9 Å². The predicted octanol–water partition coefficient (Wildman–Crippen LogP) is 4.71. The Balaban J connectivity index is 0.00000385. The Hall–Kier alpha value is -3.02. The summed E-state index contributed by atoms with van der Waals surface area (Å²) in [6.07, 6.45) is -2.81. The number of halogens is 4. The second-order valence-electron chi connectivity index (χ2n) is 6.94. The predicted molar refractivity (Wildman–Crippen MR) is 130 cm³/mol. The maximum absolute atomic E-state index is 12.7. The van der Waals surface area contributed by atoms with E-state index in [1.54, 1.807) is 43.6 Å². The van der Waals surface area contributed by atoms with Gasteiger partial charge >= 0.3 is 6.18 Å². The van der Waals surface area contributed by atoms with Crippen LogP contribution in [0.25, 0.3) is 0 Å². The summed E-state index contributed by atoms with van der Waals surface area (Å²) >= 11 is 0. The van der Waals surface area contributed by atoms with E-state index in [1.165, 1.54) is 12.1 Å². The van der Waals surface area contributed by atoms with E-state index in [9.17, 15) is 18.0 Å². The van der Waals surface area contributed by atoms with Crippen molar-refractivity contribution in [3.63, 3.8) is 0 Å². The zero-order chi connectivity index (χ0) is 23.0. The molecular weight excluding hydrogens is 548 g/mol. The minimum absolute atomic E-state index is 0. The van der Waals surface area contributed by atoms with Crippen molar-refractivity contribution in [2.75, 3.05) is 7.05 Å². The molecular formula is C23H24F3IN4O2. The lowest BCUT2D eigenvalue weighted by Crippen LogP contribution is -2.36. The molecule has 1 heterocycles. The summed E-state index contributed by atoms with van der Waals surface area (Å²) in [5.74, 6) is 0.935. The Labute approximate surface area is 206 Å². The SMILES string of the molecule is CN=C(NCc1ccc(C(F)(F)F)cc1)NCc1cccc(C(=O)NCc2ccco2)c1.I. The van der Waals surface area contributed by atoms with Crippen LogP contribution in [0.1, 0.15) is 32.8 Å². The van der Waals surface area contributed by atoms with Crippen molar-refractivity contribution < 1.29 is 22.4 Å². The number of carbonyl (C=O) groups is 1. The molecule has 0 unspecified atom stereocenters. The molecule has 0 saturated heterocycles. The fourth-order valence-electron chi connectivity index (χ4n) is 2.91. The molecule has 176 valence electrons. The van der Waals surface area contributed by atoms with E-state index in [4.69, 9.17) is 4.42 Å². The smallest absolute Gasteiger partial charge is 0.416 e. The van der Waals surface area contributed by atoms with Gasteiger partial charge in [0.1, 0.15) is 5.76 Å². The van der Waals surface area contributed by atoms with E-state index in [1.807, 2.05) is 6.07 Å². The maximum atomic E-state index is 12.7. The second-order valence-corrected chi connectivity index (χ2v) is 6.94. The molecule has 1 aromatic heterocycles. The van der Waals surface area contributed by atoms with Gasteiger partial charge in [-0.05, 0) is 47.5 Å². The van der Waals surface area contributed by atoms with Gasteiger partial charge in [-0.25, -0.2) is 0 Å². The molecule has 0 spiro atoms. The highest BCUT2D eigenvalue weighted by Gasteiger charge is 2.29. The number of alkyl halides is 3. The molecule has 0 atom stereocenters. The van der Waals surface area contributed by atoms with Crippen LogP contribution in [0.3, 0.4) is 0 Å². The van der Waals surface area contributed by atoms with Crippen LogP contribution < -0.4 is 16.0 Å². The van der Waals surface area contributed by atoms with Crippen LogP contribution in [0.15, 0.2) is 76.3 Å². The number of amides is 1. The Morgan fingerprint density at radius 2 is 1.61 bits per heavy atom. The fourth-order valence-corrected chi connectivity index (χ4v) is 2.91. The van der Waals surface area contributed by atoms with Gasteiger partial charge in [0.25, 0.3) is 5.91 Å². The van der Waals surface area contributed by atoms with Crippen LogP contribution in [0, 0.1) is 0 Å². The highest BCUT2D eigenvalue weighted by atomic mass is 127. The largest absolute Gasteiger partial charge is 0.467 e. The van der Waals surface area contributed by atoms with Gasteiger partial charge in [-0.3, -0.25) is 9.79 Å². The molecule has 33 heavy (non-hydrogen) atoms. The first-order chi connectivity index (χ1) is 15.3. The number of nitrogens with zero attached hydrogens (tertiary/aromatic N) is 1. The molecule has 0 aliphatic heterocycles. The molecule has 3 aromatic rings. The zero-order valence-electron chi connectivity index (χ0n) is 17.8. The first-order valence-electron chi connectivity index (χ1n) is 9.85. The van der Waals surface area contributed by atoms with E-state index >= 15 is 0 Å². The third-order valence-electron chi connectivity index (χ3n) is 4.62. The van der Waals surface area contributed by atoms with Crippen molar-refractivity contribution in [1.82, 2.24) is 16.0 Å². The van der Waals surface area contributed by atoms with Crippen LogP contribution >= 0.6 is 24.0 Å². The number of rotatable bonds is 7. The summed E-state index contributed by atoms with van der Waals surface area (Å²) in [7, 11) is 1.60. The van der Waals surface area contributed by atoms with E-state index in [0.29, 0.717) is 42.5 Å². The third kappa shape index (κ3) is 8.12. The molecule has 1 amide bonds. The average molecular weight is 572 g/mol. The van der Waals surface area contributed by atoms with Gasteiger partial charge in [0.05, 0.1) is 18.4 Å². The topological polar surface area (TPSA) is 78.7 Å². The molecule has 2 aromatic carbocycles. The van der Waals surface area contributed by atoms with E-state index < -0.39 is 11.7 Å². The van der Waals surface area contributed by atoms with Gasteiger partial charge in [-0.2, -0.15) is 13.2 Å². The van der Waals surface area contributed by atoms with Gasteiger partial charge in [0.2, 0.25) is 0 Å². The number of furan rings is 1. The van der Waals surface area contributed by atoms with Crippen LogP contribution in [0.2, 0.25) is 0 Å². The molecule has 0 fully saturated rings. The summed E-state index contributed by atoms with van der Waals surface area (Å²) in [6.45, 7) is 1.02. The highest BCUT2D eigenvalue weighted by molar-refractivity contribution is 14.0. The first kappa shape index (κ1) is 26.2. The van der Waals surface area contributed by atoms with Gasteiger partial charge in [-0.1, -0.05) is 24.3 Å². The van der Waals surface area contributed by atoms with Crippen molar-refractivity contribution in [1.29, 1.82) is 0 Å². The van der Waals surface area contributed by atoms with Gasteiger partial charge in [0, 0.05) is 25.7 Å². The minimum atomic E-state index is -4.35. The lowest BCUT2D eigenvalue weighted by atomic mass is 10.1.